The number of hydrogen-bond donors (Lipinski definition) is 1. The van der Waals surface area contributed by atoms with Gasteiger partial charge < -0.3 is 14.6 Å². The highest BCUT2D eigenvalue weighted by Gasteiger charge is 2.32. The second-order valence-electron chi connectivity index (χ2n) is 5.74. The minimum absolute atomic E-state index is 0.0733. The fourth-order valence-electron chi connectivity index (χ4n) is 2.77. The normalized spacial score (nSPS) is 15.1. The summed E-state index contributed by atoms with van der Waals surface area (Å²) < 4.78 is 1.83. The van der Waals surface area contributed by atoms with Gasteiger partial charge in [-0.1, -0.05) is 0 Å². The van der Waals surface area contributed by atoms with Crippen molar-refractivity contribution in [1.29, 1.82) is 0 Å². The molecule has 0 spiro atoms. The SMILES string of the molecule is CCn1cc(C(=O)N2CC(CO)C2)c(=O)c2ccc(C)nc21. The first-order chi connectivity index (χ1) is 10.5. The number of likely N-dealkylation sites (tertiary alicyclic amines) is 1. The number of pyridine rings is 2. The van der Waals surface area contributed by atoms with E-state index in [1.54, 1.807) is 23.2 Å². The second kappa shape index (κ2) is 5.53. The van der Waals surface area contributed by atoms with Crippen molar-refractivity contribution in [3.8, 4) is 0 Å². The molecule has 2 aromatic rings. The molecule has 1 saturated heterocycles. The van der Waals surface area contributed by atoms with Gasteiger partial charge in [-0.3, -0.25) is 9.59 Å². The van der Waals surface area contributed by atoms with Crippen LogP contribution in [0.2, 0.25) is 0 Å². The Hall–Kier alpha value is -2.21. The number of aliphatic hydroxyl groups is 1. The third kappa shape index (κ3) is 2.29. The van der Waals surface area contributed by atoms with Gasteiger partial charge in [0, 0.05) is 44.0 Å². The number of carbonyl (C=O) groups excluding carboxylic acids is 1. The van der Waals surface area contributed by atoms with Crippen LogP contribution in [0, 0.1) is 12.8 Å². The Kier molecular flexibility index (Phi) is 3.70. The maximum absolute atomic E-state index is 12.6. The van der Waals surface area contributed by atoms with E-state index in [0.29, 0.717) is 30.7 Å². The number of carbonyl (C=O) groups is 1. The van der Waals surface area contributed by atoms with Gasteiger partial charge in [-0.05, 0) is 26.0 Å². The molecular formula is C16H19N3O3. The molecule has 6 nitrogen and oxygen atoms in total. The topological polar surface area (TPSA) is 75.4 Å². The molecule has 0 atom stereocenters. The zero-order valence-corrected chi connectivity index (χ0v) is 12.7. The van der Waals surface area contributed by atoms with Crippen LogP contribution in [0.5, 0.6) is 0 Å². The number of fused-ring (bicyclic) bond motifs is 1. The number of hydrogen-bond acceptors (Lipinski definition) is 4. The Morgan fingerprint density at radius 1 is 1.41 bits per heavy atom. The smallest absolute Gasteiger partial charge is 0.259 e. The summed E-state index contributed by atoms with van der Waals surface area (Å²) in [6, 6.07) is 3.51. The lowest BCUT2D eigenvalue weighted by Gasteiger charge is -2.38. The van der Waals surface area contributed by atoms with Crippen LogP contribution < -0.4 is 5.43 Å². The summed E-state index contributed by atoms with van der Waals surface area (Å²) in [5.41, 5.74) is 1.35. The van der Waals surface area contributed by atoms with Crippen molar-refractivity contribution in [1.82, 2.24) is 14.5 Å². The molecule has 1 amide bonds. The van der Waals surface area contributed by atoms with Crippen molar-refractivity contribution >= 4 is 16.9 Å². The fourth-order valence-corrected chi connectivity index (χ4v) is 2.77. The standard InChI is InChI=1S/C16H19N3O3/c1-3-18-8-13(16(22)19-6-11(7-19)9-20)14(21)12-5-4-10(2)17-15(12)18/h4-5,8,11,20H,3,6-7,9H2,1-2H3. The van der Waals surface area contributed by atoms with E-state index >= 15 is 0 Å². The molecule has 1 fully saturated rings. The van der Waals surface area contributed by atoms with E-state index in [9.17, 15) is 9.59 Å². The number of aliphatic hydroxyl groups excluding tert-OH is 1. The van der Waals surface area contributed by atoms with Crippen LogP contribution in [0.15, 0.2) is 23.1 Å². The average Bonchev–Trinajstić information content (AvgIpc) is 2.46. The van der Waals surface area contributed by atoms with Crippen molar-refractivity contribution in [2.75, 3.05) is 19.7 Å². The van der Waals surface area contributed by atoms with Crippen LogP contribution in [0.1, 0.15) is 23.0 Å². The molecule has 0 aromatic carbocycles. The Morgan fingerprint density at radius 3 is 2.77 bits per heavy atom. The number of aryl methyl sites for hydroxylation is 2. The van der Waals surface area contributed by atoms with Gasteiger partial charge in [0.05, 0.1) is 5.39 Å². The van der Waals surface area contributed by atoms with E-state index in [1.807, 2.05) is 18.4 Å². The summed E-state index contributed by atoms with van der Waals surface area (Å²) in [6.45, 7) is 5.54. The van der Waals surface area contributed by atoms with Crippen LogP contribution in [0.4, 0.5) is 0 Å². The third-order valence-electron chi connectivity index (χ3n) is 4.13. The molecule has 1 N–H and O–H groups in total. The average molecular weight is 301 g/mol. The lowest BCUT2D eigenvalue weighted by molar-refractivity contribution is 0.0360. The molecule has 6 heteroatoms. The minimum Gasteiger partial charge on any atom is -0.396 e. The van der Waals surface area contributed by atoms with E-state index < -0.39 is 0 Å². The minimum atomic E-state index is -0.273. The summed E-state index contributed by atoms with van der Waals surface area (Å²) in [7, 11) is 0. The molecule has 2 aromatic heterocycles. The van der Waals surface area contributed by atoms with Crippen molar-refractivity contribution in [2.45, 2.75) is 20.4 Å². The van der Waals surface area contributed by atoms with Gasteiger partial charge in [0.2, 0.25) is 5.43 Å². The first-order valence-electron chi connectivity index (χ1n) is 7.46. The van der Waals surface area contributed by atoms with Crippen LogP contribution in [-0.2, 0) is 6.54 Å². The fraction of sp³-hybridized carbons (Fsp3) is 0.438. The lowest BCUT2D eigenvalue weighted by atomic mass is 10.00. The Labute approximate surface area is 128 Å². The molecular weight excluding hydrogens is 282 g/mol. The molecule has 0 bridgehead atoms. The van der Waals surface area contributed by atoms with Crippen LogP contribution in [-0.4, -0.2) is 45.2 Å². The van der Waals surface area contributed by atoms with E-state index in [4.69, 9.17) is 5.11 Å². The van der Waals surface area contributed by atoms with Crippen LogP contribution in [0.3, 0.4) is 0 Å². The number of aromatic nitrogens is 2. The highest BCUT2D eigenvalue weighted by molar-refractivity contribution is 5.97. The van der Waals surface area contributed by atoms with Crippen LogP contribution >= 0.6 is 0 Å². The van der Waals surface area contributed by atoms with E-state index in [2.05, 4.69) is 4.98 Å². The molecule has 0 aliphatic carbocycles. The Balaban J connectivity index is 2.07. The van der Waals surface area contributed by atoms with Gasteiger partial charge >= 0.3 is 0 Å². The molecule has 116 valence electrons. The molecule has 1 aliphatic heterocycles. The highest BCUT2D eigenvalue weighted by Crippen LogP contribution is 2.18. The van der Waals surface area contributed by atoms with Gasteiger partial charge in [-0.15, -0.1) is 0 Å². The number of amides is 1. The molecule has 3 heterocycles. The predicted molar refractivity (Wildman–Crippen MR) is 82.9 cm³/mol. The van der Waals surface area contributed by atoms with E-state index in [-0.39, 0.29) is 29.4 Å². The van der Waals surface area contributed by atoms with Crippen LogP contribution in [0.25, 0.3) is 11.0 Å². The first-order valence-corrected chi connectivity index (χ1v) is 7.46. The van der Waals surface area contributed by atoms with Gasteiger partial charge in [-0.2, -0.15) is 0 Å². The van der Waals surface area contributed by atoms with Gasteiger partial charge in [0.1, 0.15) is 11.2 Å². The zero-order chi connectivity index (χ0) is 15.9. The predicted octanol–water partition coefficient (Wildman–Crippen LogP) is 0.789. The Bertz CT molecular complexity index is 791. The van der Waals surface area contributed by atoms with Gasteiger partial charge in [-0.25, -0.2) is 4.98 Å². The Morgan fingerprint density at radius 2 is 2.14 bits per heavy atom. The van der Waals surface area contributed by atoms with Gasteiger partial charge in [0.25, 0.3) is 5.91 Å². The van der Waals surface area contributed by atoms with Gasteiger partial charge in [0.15, 0.2) is 0 Å². The van der Waals surface area contributed by atoms with Crippen molar-refractivity contribution in [2.24, 2.45) is 5.92 Å². The summed E-state index contributed by atoms with van der Waals surface area (Å²) >= 11 is 0. The maximum atomic E-state index is 12.6. The molecule has 0 radical (unpaired) electrons. The summed E-state index contributed by atoms with van der Waals surface area (Å²) in [5.74, 6) is -0.138. The zero-order valence-electron chi connectivity index (χ0n) is 12.7. The monoisotopic (exact) mass is 301 g/mol. The largest absolute Gasteiger partial charge is 0.396 e. The van der Waals surface area contributed by atoms with Crippen molar-refractivity contribution in [3.63, 3.8) is 0 Å². The third-order valence-corrected chi connectivity index (χ3v) is 4.13. The molecule has 0 saturated carbocycles. The van der Waals surface area contributed by atoms with Crippen molar-refractivity contribution in [3.05, 3.63) is 39.8 Å². The number of rotatable bonds is 3. The maximum Gasteiger partial charge on any atom is 0.259 e. The second-order valence-corrected chi connectivity index (χ2v) is 5.74. The molecule has 22 heavy (non-hydrogen) atoms. The first kappa shape index (κ1) is 14.7. The van der Waals surface area contributed by atoms with E-state index in [1.165, 1.54) is 0 Å². The summed E-state index contributed by atoms with van der Waals surface area (Å²) in [4.78, 5) is 31.1. The van der Waals surface area contributed by atoms with Crippen molar-refractivity contribution < 1.29 is 9.90 Å². The molecule has 1 aliphatic rings. The molecule has 3 rings (SSSR count). The van der Waals surface area contributed by atoms with E-state index in [0.717, 1.165) is 5.69 Å². The quantitative estimate of drug-likeness (QED) is 0.909. The molecule has 0 unspecified atom stereocenters. The summed E-state index contributed by atoms with van der Waals surface area (Å²) in [5, 5.41) is 9.52. The summed E-state index contributed by atoms with van der Waals surface area (Å²) in [6.07, 6.45) is 1.60. The number of nitrogens with zero attached hydrogens (tertiary/aromatic N) is 3. The highest BCUT2D eigenvalue weighted by atomic mass is 16.3. The lowest BCUT2D eigenvalue weighted by Crippen LogP contribution is -2.52.